The third kappa shape index (κ3) is 3.48. The van der Waals surface area contributed by atoms with E-state index in [1.807, 2.05) is 19.9 Å². The average molecular weight is 295 g/mol. The minimum absolute atomic E-state index is 0.00627. The van der Waals surface area contributed by atoms with E-state index in [2.05, 4.69) is 20.5 Å². The Labute approximate surface area is 120 Å². The summed E-state index contributed by atoms with van der Waals surface area (Å²) in [5, 5.41) is 9.79. The lowest BCUT2D eigenvalue weighted by molar-refractivity contribution is 0.0939. The molecule has 0 aromatic carbocycles. The molecule has 106 valence electrons. The number of hydrogen-bond acceptors (Lipinski definition) is 3. The van der Waals surface area contributed by atoms with Crippen LogP contribution in [-0.2, 0) is 6.42 Å². The van der Waals surface area contributed by atoms with Crippen molar-refractivity contribution in [3.63, 3.8) is 0 Å². The first kappa shape index (κ1) is 14.3. The summed E-state index contributed by atoms with van der Waals surface area (Å²) in [6, 6.07) is 3.19. The van der Waals surface area contributed by atoms with Crippen LogP contribution in [-0.4, -0.2) is 27.1 Å². The van der Waals surface area contributed by atoms with Crippen molar-refractivity contribution in [2.75, 3.05) is 0 Å². The predicted molar refractivity (Wildman–Crippen MR) is 76.0 cm³/mol. The van der Waals surface area contributed by atoms with Crippen molar-refractivity contribution in [1.29, 1.82) is 0 Å². The number of carbonyl (C=O) groups excluding carboxylic acids is 1. The molecule has 0 bridgehead atoms. The Morgan fingerprint density at radius 1 is 1.50 bits per heavy atom. The molecule has 0 spiro atoms. The number of rotatable bonds is 4. The third-order valence-corrected chi connectivity index (χ3v) is 3.05. The van der Waals surface area contributed by atoms with E-state index in [0.29, 0.717) is 12.0 Å². The molecular weight excluding hydrogens is 280 g/mol. The van der Waals surface area contributed by atoms with Crippen molar-refractivity contribution in [1.82, 2.24) is 20.5 Å². The van der Waals surface area contributed by atoms with Gasteiger partial charge < -0.3 is 10.3 Å². The molecule has 7 heteroatoms. The molecule has 0 radical (unpaired) electrons. The van der Waals surface area contributed by atoms with Crippen molar-refractivity contribution in [2.24, 2.45) is 0 Å². The van der Waals surface area contributed by atoms with Gasteiger partial charge in [0.25, 0.3) is 11.5 Å². The van der Waals surface area contributed by atoms with Gasteiger partial charge in [0.2, 0.25) is 0 Å². The van der Waals surface area contributed by atoms with Crippen LogP contribution >= 0.6 is 11.6 Å². The molecule has 0 fully saturated rings. The maximum Gasteiger partial charge on any atom is 0.266 e. The number of hydrogen-bond donors (Lipinski definition) is 3. The molecule has 3 N–H and O–H groups in total. The fourth-order valence-corrected chi connectivity index (χ4v) is 2.01. The normalized spacial score (nSPS) is 12.2. The number of nitrogens with zero attached hydrogens (tertiary/aromatic N) is 1. The van der Waals surface area contributed by atoms with E-state index in [1.54, 1.807) is 0 Å². The Morgan fingerprint density at radius 3 is 2.85 bits per heavy atom. The molecule has 2 aromatic heterocycles. The monoisotopic (exact) mass is 294 g/mol. The molecule has 6 nitrogen and oxygen atoms in total. The van der Waals surface area contributed by atoms with Crippen molar-refractivity contribution < 1.29 is 4.79 Å². The quantitative estimate of drug-likeness (QED) is 0.796. The number of H-pyrrole nitrogens is 2. The molecule has 0 saturated heterocycles. The van der Waals surface area contributed by atoms with Crippen LogP contribution in [0, 0.1) is 6.92 Å². The van der Waals surface area contributed by atoms with Crippen LogP contribution in [0.3, 0.4) is 0 Å². The number of nitrogens with one attached hydrogen (secondary N) is 3. The first-order chi connectivity index (χ1) is 9.45. The van der Waals surface area contributed by atoms with Gasteiger partial charge >= 0.3 is 0 Å². The highest BCUT2D eigenvalue weighted by molar-refractivity contribution is 6.30. The second-order valence-corrected chi connectivity index (χ2v) is 5.09. The number of carbonyl (C=O) groups is 1. The van der Waals surface area contributed by atoms with Gasteiger partial charge in [-0.05, 0) is 26.0 Å². The Morgan fingerprint density at radius 2 is 2.25 bits per heavy atom. The van der Waals surface area contributed by atoms with E-state index in [9.17, 15) is 9.59 Å². The van der Waals surface area contributed by atoms with Gasteiger partial charge in [0.15, 0.2) is 0 Å². The zero-order valence-corrected chi connectivity index (χ0v) is 11.9. The second-order valence-electron chi connectivity index (χ2n) is 4.69. The molecule has 0 aliphatic heterocycles. The van der Waals surface area contributed by atoms with Crippen molar-refractivity contribution >= 4 is 17.5 Å². The maximum atomic E-state index is 12.0. The Hall–Kier alpha value is -2.08. The zero-order valence-electron chi connectivity index (χ0n) is 11.2. The smallest absolute Gasteiger partial charge is 0.266 e. The molecule has 0 unspecified atom stereocenters. The van der Waals surface area contributed by atoms with E-state index in [-0.39, 0.29) is 17.0 Å². The fourth-order valence-electron chi connectivity index (χ4n) is 1.84. The Balaban J connectivity index is 1.99. The Bertz CT molecular complexity index is 677. The number of pyridine rings is 1. The standard InChI is InChI=1S/C13H15ClN4O2/c1-7(3-10-4-8(2)17-18-10)16-12(19)9-5-11(14)13(20)15-6-9/h4-7H,3H2,1-2H3,(H,15,20)(H,16,19)(H,17,18)/t7-/m1/s1. The number of halogens is 1. The number of amides is 1. The van der Waals surface area contributed by atoms with Crippen molar-refractivity contribution in [3.05, 3.63) is 50.7 Å². The lowest BCUT2D eigenvalue weighted by Crippen LogP contribution is -2.34. The summed E-state index contributed by atoms with van der Waals surface area (Å²) >= 11 is 5.69. The van der Waals surface area contributed by atoms with Gasteiger partial charge in [-0.3, -0.25) is 14.7 Å². The summed E-state index contributed by atoms with van der Waals surface area (Å²) < 4.78 is 0. The van der Waals surface area contributed by atoms with Crippen LogP contribution in [0.15, 0.2) is 23.1 Å². The predicted octanol–water partition coefficient (Wildman–Crippen LogP) is 1.42. The van der Waals surface area contributed by atoms with Gasteiger partial charge in [0, 0.05) is 24.4 Å². The largest absolute Gasteiger partial charge is 0.349 e. The zero-order chi connectivity index (χ0) is 14.7. The van der Waals surface area contributed by atoms with Crippen LogP contribution in [0.4, 0.5) is 0 Å². The number of aromatic nitrogens is 3. The molecule has 0 aliphatic rings. The van der Waals surface area contributed by atoms with Crippen LogP contribution < -0.4 is 10.9 Å². The number of aryl methyl sites for hydroxylation is 1. The van der Waals surface area contributed by atoms with E-state index in [4.69, 9.17) is 11.6 Å². The van der Waals surface area contributed by atoms with Crippen LogP contribution in [0.1, 0.15) is 28.7 Å². The minimum Gasteiger partial charge on any atom is -0.349 e. The summed E-state index contributed by atoms with van der Waals surface area (Å²) in [4.78, 5) is 25.5. The minimum atomic E-state index is -0.414. The third-order valence-electron chi connectivity index (χ3n) is 2.77. The van der Waals surface area contributed by atoms with Gasteiger partial charge in [0.1, 0.15) is 5.02 Å². The first-order valence-corrected chi connectivity index (χ1v) is 6.53. The maximum absolute atomic E-state index is 12.0. The van der Waals surface area contributed by atoms with E-state index in [0.717, 1.165) is 11.4 Å². The molecule has 1 atom stereocenters. The second kappa shape index (κ2) is 5.92. The molecule has 0 aliphatic carbocycles. The summed E-state index contributed by atoms with van der Waals surface area (Å²) in [6.07, 6.45) is 1.96. The fraction of sp³-hybridized carbons (Fsp3) is 0.308. The van der Waals surface area contributed by atoms with E-state index < -0.39 is 5.56 Å². The Kier molecular flexibility index (Phi) is 4.24. The SMILES string of the molecule is Cc1cc(C[C@@H](C)NC(=O)c2c[nH]c(=O)c(Cl)c2)n[nH]1. The summed E-state index contributed by atoms with van der Waals surface area (Å²) in [6.45, 7) is 3.80. The van der Waals surface area contributed by atoms with Crippen molar-refractivity contribution in [3.8, 4) is 0 Å². The summed E-state index contributed by atoms with van der Waals surface area (Å²) in [5.74, 6) is -0.289. The van der Waals surface area contributed by atoms with Crippen LogP contribution in [0.2, 0.25) is 5.02 Å². The first-order valence-electron chi connectivity index (χ1n) is 6.15. The lowest BCUT2D eigenvalue weighted by Gasteiger charge is -2.12. The van der Waals surface area contributed by atoms with E-state index in [1.165, 1.54) is 12.3 Å². The topological polar surface area (TPSA) is 90.6 Å². The van der Waals surface area contributed by atoms with Crippen LogP contribution in [0.5, 0.6) is 0 Å². The molecule has 2 aromatic rings. The van der Waals surface area contributed by atoms with Gasteiger partial charge in [-0.15, -0.1) is 0 Å². The molecule has 2 heterocycles. The highest BCUT2D eigenvalue weighted by Gasteiger charge is 2.12. The molecule has 20 heavy (non-hydrogen) atoms. The van der Waals surface area contributed by atoms with Crippen LogP contribution in [0.25, 0.3) is 0 Å². The molecular formula is C13H15ClN4O2. The van der Waals surface area contributed by atoms with E-state index >= 15 is 0 Å². The van der Waals surface area contributed by atoms with Gasteiger partial charge in [0.05, 0.1) is 11.3 Å². The summed E-state index contributed by atoms with van der Waals surface area (Å²) in [5.41, 5.74) is 1.77. The molecule has 1 amide bonds. The highest BCUT2D eigenvalue weighted by atomic mass is 35.5. The van der Waals surface area contributed by atoms with Gasteiger partial charge in [-0.25, -0.2) is 0 Å². The molecule has 2 rings (SSSR count). The lowest BCUT2D eigenvalue weighted by atomic mass is 10.1. The van der Waals surface area contributed by atoms with Gasteiger partial charge in [-0.1, -0.05) is 11.6 Å². The van der Waals surface area contributed by atoms with Gasteiger partial charge in [-0.2, -0.15) is 5.10 Å². The molecule has 0 saturated carbocycles. The average Bonchev–Trinajstić information content (AvgIpc) is 2.77. The summed E-state index contributed by atoms with van der Waals surface area (Å²) in [7, 11) is 0. The number of aromatic amines is 2. The highest BCUT2D eigenvalue weighted by Crippen LogP contribution is 2.06. The van der Waals surface area contributed by atoms with Crippen molar-refractivity contribution in [2.45, 2.75) is 26.3 Å².